The van der Waals surface area contributed by atoms with E-state index in [-0.39, 0.29) is 24.0 Å². The molecule has 1 aliphatic rings. The minimum Gasteiger partial charge on any atom is -0.479 e. The Labute approximate surface area is 229 Å². The first-order valence-electron chi connectivity index (χ1n) is 13.3. The van der Waals surface area contributed by atoms with Gasteiger partial charge in [-0.15, -0.1) is 0 Å². The SMILES string of the molecule is COCOc1ccc(C=O)cc1OC1C(CCN(C)C(=O)OC(C)(C)C)=CCCC1O[Si](C)(C)C(C)(C)C. The molecule has 0 aromatic heterocycles. The molecule has 2 unspecified atom stereocenters. The lowest BCUT2D eigenvalue weighted by Gasteiger charge is -2.43. The quantitative estimate of drug-likeness (QED) is 0.133. The molecule has 2 atom stereocenters. The van der Waals surface area contributed by atoms with E-state index in [0.717, 1.165) is 24.7 Å². The minimum absolute atomic E-state index is 0.0278. The number of rotatable bonds is 11. The number of benzene rings is 1. The summed E-state index contributed by atoms with van der Waals surface area (Å²) >= 11 is 0. The number of carbonyl (C=O) groups excluding carboxylic acids is 2. The summed E-state index contributed by atoms with van der Waals surface area (Å²) in [6, 6.07) is 5.08. The van der Waals surface area contributed by atoms with E-state index in [9.17, 15) is 9.59 Å². The van der Waals surface area contributed by atoms with Crippen molar-refractivity contribution in [3.05, 3.63) is 35.4 Å². The fourth-order valence-corrected chi connectivity index (χ4v) is 5.16. The predicted molar refractivity (Wildman–Crippen MR) is 152 cm³/mol. The molecule has 1 aromatic rings. The summed E-state index contributed by atoms with van der Waals surface area (Å²) in [6.45, 7) is 17.2. The largest absolute Gasteiger partial charge is 0.479 e. The lowest BCUT2D eigenvalue weighted by atomic mass is 9.91. The number of hydrogen-bond donors (Lipinski definition) is 0. The van der Waals surface area contributed by atoms with Crippen LogP contribution >= 0.6 is 0 Å². The standard InChI is InChI=1S/C29H47NO7Si/c1-28(2,3)36-27(32)30(7)17-16-22-12-11-13-24(37-38(9,10)29(4,5)6)26(22)35-25-18-21(19-31)14-15-23(25)34-20-33-8/h12,14-15,18-19,24,26H,11,13,16-17,20H2,1-10H3. The van der Waals surface area contributed by atoms with Gasteiger partial charge >= 0.3 is 6.09 Å². The summed E-state index contributed by atoms with van der Waals surface area (Å²) < 4.78 is 29.9. The molecular weight excluding hydrogens is 502 g/mol. The minimum atomic E-state index is -2.12. The highest BCUT2D eigenvalue weighted by Gasteiger charge is 2.43. The van der Waals surface area contributed by atoms with Crippen molar-refractivity contribution in [3.63, 3.8) is 0 Å². The Bertz CT molecular complexity index is 978. The van der Waals surface area contributed by atoms with E-state index >= 15 is 0 Å². The summed E-state index contributed by atoms with van der Waals surface area (Å²) in [6.07, 6.45) is 4.27. The molecule has 0 fully saturated rings. The Morgan fingerprint density at radius 1 is 1.13 bits per heavy atom. The molecule has 1 aliphatic carbocycles. The maximum absolute atomic E-state index is 12.6. The van der Waals surface area contributed by atoms with Crippen molar-refractivity contribution in [2.24, 2.45) is 0 Å². The molecule has 38 heavy (non-hydrogen) atoms. The second-order valence-electron chi connectivity index (χ2n) is 12.3. The number of carbonyl (C=O) groups is 2. The van der Waals surface area contributed by atoms with Crippen LogP contribution in [0.2, 0.25) is 18.1 Å². The zero-order chi connectivity index (χ0) is 28.7. The van der Waals surface area contributed by atoms with Gasteiger partial charge in [-0.2, -0.15) is 0 Å². The molecule has 214 valence electrons. The molecule has 1 amide bonds. The van der Waals surface area contributed by atoms with Crippen LogP contribution in [-0.4, -0.2) is 70.9 Å². The predicted octanol–water partition coefficient (Wildman–Crippen LogP) is 6.60. The highest BCUT2D eigenvalue weighted by molar-refractivity contribution is 6.74. The molecule has 0 aliphatic heterocycles. The zero-order valence-electron chi connectivity index (χ0n) is 24.9. The van der Waals surface area contributed by atoms with Gasteiger partial charge in [0.25, 0.3) is 0 Å². The van der Waals surface area contributed by atoms with Gasteiger partial charge in [0.1, 0.15) is 18.0 Å². The average Bonchev–Trinajstić information content (AvgIpc) is 2.81. The number of nitrogens with zero attached hydrogens (tertiary/aromatic N) is 1. The van der Waals surface area contributed by atoms with Crippen LogP contribution in [0.15, 0.2) is 29.8 Å². The summed E-state index contributed by atoms with van der Waals surface area (Å²) in [7, 11) is 1.16. The Kier molecular flexibility index (Phi) is 11.0. The third-order valence-corrected chi connectivity index (χ3v) is 11.4. The van der Waals surface area contributed by atoms with Crippen LogP contribution in [0, 0.1) is 0 Å². The van der Waals surface area contributed by atoms with Crippen LogP contribution in [-0.2, 0) is 13.9 Å². The molecule has 0 bridgehead atoms. The summed E-state index contributed by atoms with van der Waals surface area (Å²) in [5.41, 5.74) is 0.966. The number of methoxy groups -OCH3 is 1. The van der Waals surface area contributed by atoms with E-state index in [1.165, 1.54) is 0 Å². The number of amides is 1. The van der Waals surface area contributed by atoms with Gasteiger partial charge < -0.3 is 28.3 Å². The van der Waals surface area contributed by atoms with Crippen molar-refractivity contribution in [1.29, 1.82) is 0 Å². The first-order chi connectivity index (χ1) is 17.6. The average molecular weight is 550 g/mol. The van der Waals surface area contributed by atoms with Crippen LogP contribution < -0.4 is 9.47 Å². The van der Waals surface area contributed by atoms with Gasteiger partial charge in [-0.1, -0.05) is 26.8 Å². The van der Waals surface area contributed by atoms with E-state index in [1.54, 1.807) is 37.3 Å². The molecule has 0 saturated carbocycles. The van der Waals surface area contributed by atoms with Crippen molar-refractivity contribution in [1.82, 2.24) is 4.90 Å². The topological polar surface area (TPSA) is 83.5 Å². The highest BCUT2D eigenvalue weighted by atomic mass is 28.4. The molecule has 2 rings (SSSR count). The van der Waals surface area contributed by atoms with E-state index in [1.807, 2.05) is 20.8 Å². The van der Waals surface area contributed by atoms with Gasteiger partial charge in [-0.25, -0.2) is 4.79 Å². The van der Waals surface area contributed by atoms with Crippen LogP contribution in [0.3, 0.4) is 0 Å². The molecule has 0 radical (unpaired) electrons. The first-order valence-corrected chi connectivity index (χ1v) is 16.2. The molecular formula is C29H47NO7Si. The number of ether oxygens (including phenoxy) is 4. The van der Waals surface area contributed by atoms with Crippen molar-refractivity contribution < 1.29 is 33.0 Å². The van der Waals surface area contributed by atoms with E-state index < -0.39 is 20.0 Å². The lowest BCUT2D eigenvalue weighted by Crippen LogP contribution is -2.49. The zero-order valence-corrected chi connectivity index (χ0v) is 25.9. The van der Waals surface area contributed by atoms with Crippen molar-refractivity contribution in [2.75, 3.05) is 27.5 Å². The van der Waals surface area contributed by atoms with Gasteiger partial charge in [-0.05, 0) is 81.9 Å². The fourth-order valence-electron chi connectivity index (χ4n) is 3.81. The Morgan fingerprint density at radius 3 is 2.39 bits per heavy atom. The summed E-state index contributed by atoms with van der Waals surface area (Å²) in [5, 5.41) is 0.0278. The van der Waals surface area contributed by atoms with Crippen molar-refractivity contribution >= 4 is 20.7 Å². The van der Waals surface area contributed by atoms with Crippen LogP contribution in [0.25, 0.3) is 0 Å². The third-order valence-electron chi connectivity index (χ3n) is 6.94. The molecule has 0 heterocycles. The van der Waals surface area contributed by atoms with Gasteiger partial charge in [0.15, 0.2) is 26.6 Å². The second-order valence-corrected chi connectivity index (χ2v) is 17.1. The number of allylic oxidation sites excluding steroid dienone is 1. The third kappa shape index (κ3) is 9.13. The Morgan fingerprint density at radius 2 is 1.82 bits per heavy atom. The molecule has 1 aromatic carbocycles. The van der Waals surface area contributed by atoms with Gasteiger partial charge in [0.2, 0.25) is 0 Å². The van der Waals surface area contributed by atoms with E-state index in [0.29, 0.717) is 30.0 Å². The van der Waals surface area contributed by atoms with Crippen LogP contribution in [0.5, 0.6) is 11.5 Å². The number of hydrogen-bond acceptors (Lipinski definition) is 7. The fraction of sp³-hybridized carbons (Fsp3) is 0.655. The summed E-state index contributed by atoms with van der Waals surface area (Å²) in [4.78, 5) is 25.7. The van der Waals surface area contributed by atoms with Crippen molar-refractivity contribution in [2.45, 2.75) is 96.7 Å². The summed E-state index contributed by atoms with van der Waals surface area (Å²) in [5.74, 6) is 0.938. The Hall–Kier alpha value is -2.36. The normalized spacial score (nSPS) is 18.4. The highest BCUT2D eigenvalue weighted by Crippen LogP contribution is 2.41. The van der Waals surface area contributed by atoms with E-state index in [2.05, 4.69) is 39.9 Å². The van der Waals surface area contributed by atoms with Crippen molar-refractivity contribution in [3.8, 4) is 11.5 Å². The van der Waals surface area contributed by atoms with Gasteiger partial charge in [0.05, 0.1) is 6.10 Å². The lowest BCUT2D eigenvalue weighted by molar-refractivity contribution is 0.0276. The van der Waals surface area contributed by atoms with Gasteiger partial charge in [0, 0.05) is 26.3 Å². The first kappa shape index (κ1) is 31.9. The molecule has 0 saturated heterocycles. The van der Waals surface area contributed by atoms with E-state index in [4.69, 9.17) is 23.4 Å². The molecule has 0 spiro atoms. The van der Waals surface area contributed by atoms with Crippen LogP contribution in [0.4, 0.5) is 4.79 Å². The maximum Gasteiger partial charge on any atom is 0.410 e. The second kappa shape index (κ2) is 13.1. The number of aldehydes is 1. The monoisotopic (exact) mass is 549 g/mol. The smallest absolute Gasteiger partial charge is 0.410 e. The Balaban J connectivity index is 2.37. The van der Waals surface area contributed by atoms with Crippen LogP contribution in [0.1, 0.15) is 71.2 Å². The molecule has 8 nitrogen and oxygen atoms in total. The molecule has 9 heteroatoms. The molecule has 0 N–H and O–H groups in total. The van der Waals surface area contributed by atoms with Gasteiger partial charge in [-0.3, -0.25) is 4.79 Å². The maximum atomic E-state index is 12.6.